The van der Waals surface area contributed by atoms with Crippen LogP contribution in [0, 0.1) is 12.8 Å². The van der Waals surface area contributed by atoms with Crippen LogP contribution in [0.15, 0.2) is 30.5 Å². The minimum Gasteiger partial charge on any atom is -0.476 e. The Kier molecular flexibility index (Phi) is 6.54. The highest BCUT2D eigenvalue weighted by molar-refractivity contribution is 5.85. The van der Waals surface area contributed by atoms with E-state index in [4.69, 9.17) is 9.84 Å². The molecular formula is C24H30N2O4. The minimum absolute atomic E-state index is 0.0528. The van der Waals surface area contributed by atoms with Gasteiger partial charge in [0, 0.05) is 12.0 Å². The van der Waals surface area contributed by atoms with Gasteiger partial charge < -0.3 is 9.84 Å². The molecule has 1 heterocycles. The van der Waals surface area contributed by atoms with Crippen molar-refractivity contribution >= 4 is 11.9 Å². The van der Waals surface area contributed by atoms with Crippen LogP contribution in [0.2, 0.25) is 0 Å². The molecule has 6 nitrogen and oxygen atoms in total. The molecule has 1 saturated carbocycles. The smallest absolute Gasteiger partial charge is 0.356 e. The van der Waals surface area contributed by atoms with Crippen molar-refractivity contribution in [3.05, 3.63) is 47.4 Å². The molecule has 1 N–H and O–H groups in total. The van der Waals surface area contributed by atoms with Crippen LogP contribution in [-0.4, -0.2) is 32.6 Å². The lowest BCUT2D eigenvalue weighted by atomic mass is 9.77. The van der Waals surface area contributed by atoms with E-state index in [-0.39, 0.29) is 11.7 Å². The van der Waals surface area contributed by atoms with Crippen molar-refractivity contribution in [2.75, 3.05) is 0 Å². The van der Waals surface area contributed by atoms with Crippen LogP contribution in [0.3, 0.4) is 0 Å². The van der Waals surface area contributed by atoms with E-state index >= 15 is 0 Å². The minimum atomic E-state index is -1.08. The summed E-state index contributed by atoms with van der Waals surface area (Å²) >= 11 is 0. The van der Waals surface area contributed by atoms with E-state index in [1.807, 2.05) is 39.8 Å². The Balaban J connectivity index is 1.61. The maximum absolute atomic E-state index is 12.1. The number of nitrogens with zero attached hydrogens (tertiary/aromatic N) is 2. The molecule has 0 aliphatic heterocycles. The van der Waals surface area contributed by atoms with Gasteiger partial charge in [-0.3, -0.25) is 9.78 Å². The Hall–Kier alpha value is -2.76. The number of hydrogen-bond donors (Lipinski definition) is 1. The summed E-state index contributed by atoms with van der Waals surface area (Å²) in [7, 11) is 0. The number of hydrogen-bond acceptors (Lipinski definition) is 5. The molecule has 0 bridgehead atoms. The molecule has 0 amide bonds. The number of aryl methyl sites for hydroxylation is 1. The quantitative estimate of drug-likeness (QED) is 0.685. The molecule has 160 valence electrons. The van der Waals surface area contributed by atoms with E-state index in [0.29, 0.717) is 29.6 Å². The number of aromatic nitrogens is 2. The predicted octanol–water partition coefficient (Wildman–Crippen LogP) is 5.16. The van der Waals surface area contributed by atoms with Crippen molar-refractivity contribution < 1.29 is 19.4 Å². The first-order valence-corrected chi connectivity index (χ1v) is 10.5. The third-order valence-electron chi connectivity index (χ3n) is 5.55. The number of carbonyl (C=O) groups excluding carboxylic acids is 1. The van der Waals surface area contributed by atoms with E-state index in [9.17, 15) is 9.59 Å². The third-order valence-corrected chi connectivity index (χ3v) is 5.55. The van der Waals surface area contributed by atoms with Crippen molar-refractivity contribution in [2.24, 2.45) is 5.92 Å². The number of ether oxygens (including phenoxy) is 1. The lowest BCUT2D eigenvalue weighted by Crippen LogP contribution is -2.26. The molecule has 0 saturated heterocycles. The van der Waals surface area contributed by atoms with Crippen LogP contribution in [0.4, 0.5) is 0 Å². The van der Waals surface area contributed by atoms with Crippen LogP contribution >= 0.6 is 0 Å². The Labute approximate surface area is 177 Å². The molecule has 2 aromatic rings. The SMILES string of the molecule is Cc1ncc(C(=O)O)nc1-c1ccc(C2CCC(CC(=O)OC(C)(C)C)CC2)cc1. The fourth-order valence-corrected chi connectivity index (χ4v) is 4.06. The van der Waals surface area contributed by atoms with Gasteiger partial charge in [-0.2, -0.15) is 0 Å². The van der Waals surface area contributed by atoms with E-state index in [2.05, 4.69) is 22.1 Å². The van der Waals surface area contributed by atoms with Gasteiger partial charge in [0.1, 0.15) is 5.60 Å². The molecule has 0 atom stereocenters. The first-order chi connectivity index (χ1) is 14.1. The fraction of sp³-hybridized carbons (Fsp3) is 0.500. The van der Waals surface area contributed by atoms with E-state index < -0.39 is 11.6 Å². The third kappa shape index (κ3) is 5.65. The number of rotatable bonds is 5. The molecule has 0 spiro atoms. The Bertz CT molecular complexity index is 908. The van der Waals surface area contributed by atoms with Gasteiger partial charge in [-0.1, -0.05) is 24.3 Å². The van der Waals surface area contributed by atoms with Gasteiger partial charge in [-0.15, -0.1) is 0 Å². The van der Waals surface area contributed by atoms with Crippen molar-refractivity contribution in [2.45, 2.75) is 71.3 Å². The number of carboxylic acids is 1. The van der Waals surface area contributed by atoms with Gasteiger partial charge in [0.25, 0.3) is 0 Å². The van der Waals surface area contributed by atoms with Crippen molar-refractivity contribution in [3.8, 4) is 11.3 Å². The average molecular weight is 411 g/mol. The lowest BCUT2D eigenvalue weighted by Gasteiger charge is -2.29. The maximum Gasteiger partial charge on any atom is 0.356 e. The molecular weight excluding hydrogens is 380 g/mol. The number of carbonyl (C=O) groups is 2. The second kappa shape index (κ2) is 8.94. The molecule has 30 heavy (non-hydrogen) atoms. The zero-order chi connectivity index (χ0) is 21.9. The van der Waals surface area contributed by atoms with Gasteiger partial charge >= 0.3 is 11.9 Å². The van der Waals surface area contributed by atoms with E-state index in [0.717, 1.165) is 31.2 Å². The van der Waals surface area contributed by atoms with Crippen molar-refractivity contribution in [1.82, 2.24) is 9.97 Å². The molecule has 1 aliphatic carbocycles. The second-order valence-corrected chi connectivity index (χ2v) is 9.12. The zero-order valence-electron chi connectivity index (χ0n) is 18.1. The van der Waals surface area contributed by atoms with Gasteiger partial charge in [-0.05, 0) is 70.8 Å². The average Bonchev–Trinajstić information content (AvgIpc) is 2.67. The molecule has 1 aromatic carbocycles. The molecule has 1 fully saturated rings. The monoisotopic (exact) mass is 410 g/mol. The van der Waals surface area contributed by atoms with Gasteiger partial charge in [0.15, 0.2) is 5.69 Å². The lowest BCUT2D eigenvalue weighted by molar-refractivity contribution is -0.156. The number of carboxylic acid groups (broad SMARTS) is 1. The molecule has 6 heteroatoms. The first-order valence-electron chi connectivity index (χ1n) is 10.5. The number of aromatic carboxylic acids is 1. The van der Waals surface area contributed by atoms with Crippen molar-refractivity contribution in [3.63, 3.8) is 0 Å². The highest BCUT2D eigenvalue weighted by atomic mass is 16.6. The predicted molar refractivity (Wildman–Crippen MR) is 114 cm³/mol. The summed E-state index contributed by atoms with van der Waals surface area (Å²) in [5, 5.41) is 9.16. The maximum atomic E-state index is 12.1. The highest BCUT2D eigenvalue weighted by Crippen LogP contribution is 2.38. The van der Waals surface area contributed by atoms with Crippen molar-refractivity contribution in [1.29, 1.82) is 0 Å². The Morgan fingerprint density at radius 2 is 1.73 bits per heavy atom. The molecule has 3 rings (SSSR count). The fourth-order valence-electron chi connectivity index (χ4n) is 4.06. The van der Waals surface area contributed by atoms with Crippen LogP contribution < -0.4 is 0 Å². The van der Waals surface area contributed by atoms with E-state index in [1.54, 1.807) is 0 Å². The summed E-state index contributed by atoms with van der Waals surface area (Å²) in [6.07, 6.45) is 5.94. The molecule has 1 aliphatic rings. The Morgan fingerprint density at radius 1 is 1.10 bits per heavy atom. The number of esters is 1. The van der Waals surface area contributed by atoms with E-state index in [1.165, 1.54) is 11.8 Å². The van der Waals surface area contributed by atoms with Crippen LogP contribution in [0.1, 0.15) is 80.5 Å². The van der Waals surface area contributed by atoms with Crippen LogP contribution in [-0.2, 0) is 9.53 Å². The highest BCUT2D eigenvalue weighted by Gasteiger charge is 2.26. The molecule has 1 aromatic heterocycles. The summed E-state index contributed by atoms with van der Waals surface area (Å²) in [6.45, 7) is 7.52. The van der Waals surface area contributed by atoms with Gasteiger partial charge in [0.05, 0.1) is 17.6 Å². The zero-order valence-corrected chi connectivity index (χ0v) is 18.1. The Morgan fingerprint density at radius 3 is 2.30 bits per heavy atom. The normalized spacial score (nSPS) is 19.3. The van der Waals surface area contributed by atoms with Crippen LogP contribution in [0.25, 0.3) is 11.3 Å². The summed E-state index contributed by atoms with van der Waals surface area (Å²) in [4.78, 5) is 31.7. The largest absolute Gasteiger partial charge is 0.476 e. The standard InChI is InChI=1S/C24H30N2O4/c1-15-22(26-20(14-25-15)23(28)29)19-11-9-18(10-12-19)17-7-5-16(6-8-17)13-21(27)30-24(2,3)4/h9-12,14,16-17H,5-8,13H2,1-4H3,(H,28,29). The second-order valence-electron chi connectivity index (χ2n) is 9.12. The molecule has 0 radical (unpaired) electrons. The summed E-state index contributed by atoms with van der Waals surface area (Å²) in [5.41, 5.74) is 2.96. The first kappa shape index (κ1) is 21.9. The van der Waals surface area contributed by atoms with Gasteiger partial charge in [0.2, 0.25) is 0 Å². The van der Waals surface area contributed by atoms with Gasteiger partial charge in [-0.25, -0.2) is 9.78 Å². The summed E-state index contributed by atoms with van der Waals surface area (Å²) in [5.74, 6) is -0.308. The van der Waals surface area contributed by atoms with Crippen LogP contribution in [0.5, 0.6) is 0 Å². The number of benzene rings is 1. The summed E-state index contributed by atoms with van der Waals surface area (Å²) < 4.78 is 5.45. The topological polar surface area (TPSA) is 89.4 Å². The summed E-state index contributed by atoms with van der Waals surface area (Å²) in [6, 6.07) is 8.18. The molecule has 0 unspecified atom stereocenters.